The first-order chi connectivity index (χ1) is 9.13. The number of hydrogen-bond acceptors (Lipinski definition) is 3. The first kappa shape index (κ1) is 13.1. The number of aliphatic hydroxyl groups excluding tert-OH is 1. The third kappa shape index (κ3) is 1.77. The summed E-state index contributed by atoms with van der Waals surface area (Å²) in [5, 5.41) is 11.8. The van der Waals surface area contributed by atoms with Crippen LogP contribution in [0.25, 0.3) is 0 Å². The zero-order valence-corrected chi connectivity index (χ0v) is 12.4. The monoisotopic (exact) mass is 279 g/mol. The summed E-state index contributed by atoms with van der Waals surface area (Å²) in [6.07, 6.45) is 4.08. The maximum atomic E-state index is 12.8. The molecule has 1 aromatic rings. The lowest BCUT2D eigenvalue weighted by Gasteiger charge is -2.34. The molecule has 3 nitrogen and oxygen atoms in total. The quantitative estimate of drug-likeness (QED) is 0.924. The van der Waals surface area contributed by atoms with Crippen LogP contribution in [0.5, 0.6) is 0 Å². The van der Waals surface area contributed by atoms with Crippen LogP contribution in [0.3, 0.4) is 0 Å². The molecule has 2 aliphatic heterocycles. The lowest BCUT2D eigenvalue weighted by molar-refractivity contribution is 0.0560. The van der Waals surface area contributed by atoms with Gasteiger partial charge in [0.25, 0.3) is 5.91 Å². The molecule has 4 heteroatoms. The summed E-state index contributed by atoms with van der Waals surface area (Å²) in [6.45, 7) is 4.34. The van der Waals surface area contributed by atoms with Crippen molar-refractivity contribution in [2.45, 2.75) is 51.6 Å². The number of hydrogen-bond donors (Lipinski definition) is 1. The van der Waals surface area contributed by atoms with Gasteiger partial charge in [0, 0.05) is 17.5 Å². The molecule has 0 unspecified atom stereocenters. The molecule has 2 aliphatic rings. The van der Waals surface area contributed by atoms with Crippen molar-refractivity contribution in [1.29, 1.82) is 0 Å². The summed E-state index contributed by atoms with van der Waals surface area (Å²) in [4.78, 5) is 15.7. The fourth-order valence-electron chi connectivity index (χ4n) is 3.97. The topological polar surface area (TPSA) is 40.5 Å². The molecule has 2 bridgehead atoms. The minimum absolute atomic E-state index is 0.0518. The van der Waals surface area contributed by atoms with Crippen LogP contribution in [0.4, 0.5) is 0 Å². The van der Waals surface area contributed by atoms with Gasteiger partial charge in [-0.05, 0) is 49.6 Å². The average molecular weight is 279 g/mol. The normalized spacial score (nSPS) is 33.1. The summed E-state index contributed by atoms with van der Waals surface area (Å²) in [5.74, 6) is 0.184. The average Bonchev–Trinajstić information content (AvgIpc) is 3.10. The molecule has 1 N–H and O–H groups in total. The molecular formula is C15H21NO2S. The smallest absolute Gasteiger partial charge is 0.264 e. The lowest BCUT2D eigenvalue weighted by Crippen LogP contribution is -2.42. The summed E-state index contributed by atoms with van der Waals surface area (Å²) >= 11 is 1.54. The van der Waals surface area contributed by atoms with Gasteiger partial charge < -0.3 is 10.0 Å². The van der Waals surface area contributed by atoms with E-state index in [0.717, 1.165) is 36.1 Å². The number of carbonyl (C=O) groups excluding carboxylic acids is 1. The van der Waals surface area contributed by atoms with E-state index >= 15 is 0 Å². The number of aliphatic hydroxyl groups is 1. The molecule has 0 radical (unpaired) electrons. The molecule has 0 saturated carbocycles. The number of thiophene rings is 1. The second-order valence-corrected chi connectivity index (χ2v) is 6.89. The molecule has 0 aliphatic carbocycles. The van der Waals surface area contributed by atoms with Crippen molar-refractivity contribution in [1.82, 2.24) is 4.90 Å². The zero-order chi connectivity index (χ0) is 13.6. The Kier molecular flexibility index (Phi) is 3.18. The molecule has 1 aromatic heterocycles. The van der Waals surface area contributed by atoms with Crippen LogP contribution in [-0.4, -0.2) is 34.6 Å². The Morgan fingerprint density at radius 1 is 1.58 bits per heavy atom. The van der Waals surface area contributed by atoms with E-state index in [4.69, 9.17) is 0 Å². The molecule has 2 fully saturated rings. The zero-order valence-electron chi connectivity index (χ0n) is 11.6. The van der Waals surface area contributed by atoms with Gasteiger partial charge >= 0.3 is 0 Å². The Morgan fingerprint density at radius 2 is 2.37 bits per heavy atom. The van der Waals surface area contributed by atoms with E-state index in [1.54, 1.807) is 0 Å². The van der Waals surface area contributed by atoms with Gasteiger partial charge in [0.1, 0.15) is 0 Å². The second-order valence-electron chi connectivity index (χ2n) is 5.97. The standard InChI is InChI=1S/C15H21NO2S/c1-3-15(9-17)8-11-4-5-12(15)16(11)14(18)13-10(2)6-7-19-13/h6-7,11-12,17H,3-5,8-9H2,1-2H3/t11-,12+,15-/m0/s1. The first-order valence-corrected chi connectivity index (χ1v) is 7.98. The van der Waals surface area contributed by atoms with E-state index < -0.39 is 0 Å². The van der Waals surface area contributed by atoms with Crippen LogP contribution in [0.2, 0.25) is 0 Å². The van der Waals surface area contributed by atoms with Crippen molar-refractivity contribution in [2.75, 3.05) is 6.61 Å². The van der Waals surface area contributed by atoms with Crippen molar-refractivity contribution in [3.05, 3.63) is 21.9 Å². The van der Waals surface area contributed by atoms with Gasteiger partial charge in [-0.1, -0.05) is 6.92 Å². The molecule has 3 heterocycles. The van der Waals surface area contributed by atoms with Gasteiger partial charge in [-0.3, -0.25) is 4.79 Å². The second kappa shape index (κ2) is 4.60. The predicted octanol–water partition coefficient (Wildman–Crippen LogP) is 2.82. The summed E-state index contributed by atoms with van der Waals surface area (Å²) in [6, 6.07) is 2.59. The number of nitrogens with zero attached hydrogens (tertiary/aromatic N) is 1. The molecule has 1 amide bonds. The van der Waals surface area contributed by atoms with Crippen molar-refractivity contribution in [2.24, 2.45) is 5.41 Å². The third-order valence-electron chi connectivity index (χ3n) is 5.16. The first-order valence-electron chi connectivity index (χ1n) is 7.10. The summed E-state index contributed by atoms with van der Waals surface area (Å²) < 4.78 is 0. The van der Waals surface area contributed by atoms with Gasteiger partial charge in [0.2, 0.25) is 0 Å². The number of fused-ring (bicyclic) bond motifs is 2. The molecular weight excluding hydrogens is 258 g/mol. The Labute approximate surface area is 118 Å². The molecule has 0 spiro atoms. The molecule has 3 atom stereocenters. The van der Waals surface area contributed by atoms with E-state index in [2.05, 4.69) is 11.8 Å². The van der Waals surface area contributed by atoms with Crippen molar-refractivity contribution >= 4 is 17.2 Å². The fourth-order valence-corrected chi connectivity index (χ4v) is 4.84. The largest absolute Gasteiger partial charge is 0.396 e. The van der Waals surface area contributed by atoms with Gasteiger partial charge in [-0.25, -0.2) is 0 Å². The minimum Gasteiger partial charge on any atom is -0.396 e. The van der Waals surface area contributed by atoms with E-state index in [1.165, 1.54) is 11.3 Å². The highest BCUT2D eigenvalue weighted by Crippen LogP contribution is 2.52. The van der Waals surface area contributed by atoms with Gasteiger partial charge in [-0.15, -0.1) is 11.3 Å². The number of rotatable bonds is 3. The number of amides is 1. The van der Waals surface area contributed by atoms with Gasteiger partial charge in [0.05, 0.1) is 11.5 Å². The number of carbonyl (C=O) groups is 1. The molecule has 3 rings (SSSR count). The van der Waals surface area contributed by atoms with Crippen LogP contribution >= 0.6 is 11.3 Å². The minimum atomic E-state index is -0.0518. The van der Waals surface area contributed by atoms with Crippen LogP contribution in [0.15, 0.2) is 11.4 Å². The summed E-state index contributed by atoms with van der Waals surface area (Å²) in [7, 11) is 0. The van der Waals surface area contributed by atoms with Crippen molar-refractivity contribution in [3.63, 3.8) is 0 Å². The highest BCUT2D eigenvalue weighted by atomic mass is 32.1. The van der Waals surface area contributed by atoms with E-state index in [0.29, 0.717) is 6.04 Å². The van der Waals surface area contributed by atoms with Gasteiger partial charge in [0.15, 0.2) is 0 Å². The maximum Gasteiger partial charge on any atom is 0.264 e. The van der Waals surface area contributed by atoms with Crippen LogP contribution in [0, 0.1) is 12.3 Å². The Morgan fingerprint density at radius 3 is 2.89 bits per heavy atom. The highest BCUT2D eigenvalue weighted by molar-refractivity contribution is 7.12. The summed E-state index contributed by atoms with van der Waals surface area (Å²) in [5.41, 5.74) is 1.02. The molecule has 2 saturated heterocycles. The molecule has 19 heavy (non-hydrogen) atoms. The van der Waals surface area contributed by atoms with E-state index in [9.17, 15) is 9.90 Å². The predicted molar refractivity (Wildman–Crippen MR) is 76.5 cm³/mol. The van der Waals surface area contributed by atoms with E-state index in [1.807, 2.05) is 18.4 Å². The maximum absolute atomic E-state index is 12.8. The van der Waals surface area contributed by atoms with Crippen LogP contribution in [0.1, 0.15) is 47.8 Å². The Hall–Kier alpha value is -0.870. The third-order valence-corrected chi connectivity index (χ3v) is 6.17. The van der Waals surface area contributed by atoms with Crippen molar-refractivity contribution in [3.8, 4) is 0 Å². The molecule has 104 valence electrons. The molecule has 0 aromatic carbocycles. The SMILES string of the molecule is CC[C@@]1(CO)C[C@@H]2CC[C@H]1N2C(=O)c1sccc1C. The van der Waals surface area contributed by atoms with Crippen molar-refractivity contribution < 1.29 is 9.90 Å². The van der Waals surface area contributed by atoms with E-state index in [-0.39, 0.29) is 24.0 Å². The van der Waals surface area contributed by atoms with Crippen LogP contribution in [-0.2, 0) is 0 Å². The lowest BCUT2D eigenvalue weighted by atomic mass is 9.72. The van der Waals surface area contributed by atoms with Gasteiger partial charge in [-0.2, -0.15) is 0 Å². The fraction of sp³-hybridized carbons (Fsp3) is 0.667. The van der Waals surface area contributed by atoms with Crippen LogP contribution < -0.4 is 0 Å². The Balaban J connectivity index is 1.91. The number of aryl methyl sites for hydroxylation is 1. The Bertz CT molecular complexity index is 492. The highest BCUT2D eigenvalue weighted by Gasteiger charge is 2.56.